The summed E-state index contributed by atoms with van der Waals surface area (Å²) in [5, 5.41) is 9.48. The molecule has 4 aliphatic rings. The summed E-state index contributed by atoms with van der Waals surface area (Å²) in [7, 11) is 0. The molecule has 3 aromatic rings. The average molecular weight is 756 g/mol. The van der Waals surface area contributed by atoms with Gasteiger partial charge in [0.15, 0.2) is 0 Å². The number of pyridine rings is 1. The normalized spacial score (nSPS) is 23.6. The molecule has 15 heteroatoms. The molecule has 3 fully saturated rings. The second kappa shape index (κ2) is 13.5. The van der Waals surface area contributed by atoms with Crippen LogP contribution in [0.5, 0.6) is 5.75 Å². The van der Waals surface area contributed by atoms with Crippen molar-refractivity contribution in [1.29, 1.82) is 5.26 Å². The van der Waals surface area contributed by atoms with Gasteiger partial charge >= 0.3 is 0 Å². The van der Waals surface area contributed by atoms with Crippen LogP contribution in [0.2, 0.25) is 5.02 Å². The number of benzene rings is 2. The van der Waals surface area contributed by atoms with Crippen LogP contribution in [0.3, 0.4) is 0 Å². The predicted octanol–water partition coefficient (Wildman–Crippen LogP) is 4.16. The van der Waals surface area contributed by atoms with Crippen LogP contribution in [0.4, 0.5) is 10.2 Å². The Balaban J connectivity index is 1.05. The molecule has 1 unspecified atom stereocenters. The van der Waals surface area contributed by atoms with Gasteiger partial charge in [-0.15, -0.1) is 0 Å². The fourth-order valence-corrected chi connectivity index (χ4v) is 9.21. The van der Waals surface area contributed by atoms with Crippen LogP contribution < -0.4 is 15.4 Å². The number of amides is 5. The minimum Gasteiger partial charge on any atom is -0.489 e. The number of piperazine rings is 1. The van der Waals surface area contributed by atoms with E-state index in [1.165, 1.54) is 17.2 Å². The first-order valence-corrected chi connectivity index (χ1v) is 18.1. The van der Waals surface area contributed by atoms with Crippen molar-refractivity contribution in [1.82, 2.24) is 19.7 Å². The molecule has 4 heterocycles. The van der Waals surface area contributed by atoms with E-state index in [2.05, 4.69) is 4.98 Å². The molecule has 0 spiro atoms. The van der Waals surface area contributed by atoms with Gasteiger partial charge in [0, 0.05) is 67.8 Å². The lowest BCUT2D eigenvalue weighted by Gasteiger charge is -2.65. The molecule has 2 saturated heterocycles. The van der Waals surface area contributed by atoms with E-state index in [0.29, 0.717) is 48.9 Å². The summed E-state index contributed by atoms with van der Waals surface area (Å²) in [6.07, 6.45) is 0.838. The topological polar surface area (TPSA) is 170 Å². The molecule has 0 radical (unpaired) electrons. The van der Waals surface area contributed by atoms with Crippen LogP contribution in [0, 0.1) is 28.0 Å². The number of rotatable bonds is 8. The van der Waals surface area contributed by atoms with Gasteiger partial charge in [0.2, 0.25) is 11.8 Å². The maximum absolute atomic E-state index is 15.6. The van der Waals surface area contributed by atoms with Gasteiger partial charge in [-0.25, -0.2) is 9.37 Å². The van der Waals surface area contributed by atoms with E-state index in [-0.39, 0.29) is 41.1 Å². The lowest BCUT2D eigenvalue weighted by molar-refractivity contribution is -0.216. The van der Waals surface area contributed by atoms with Crippen molar-refractivity contribution in [2.24, 2.45) is 16.6 Å². The van der Waals surface area contributed by atoms with Crippen molar-refractivity contribution in [3.05, 3.63) is 87.3 Å². The molecular weight excluding hydrogens is 717 g/mol. The molecule has 1 saturated carbocycles. The Hall–Kier alpha value is -5.39. The van der Waals surface area contributed by atoms with Crippen LogP contribution in [0.15, 0.2) is 48.7 Å². The molecule has 54 heavy (non-hydrogen) atoms. The highest BCUT2D eigenvalue weighted by Crippen LogP contribution is 2.58. The number of hydrogen-bond acceptors (Lipinski definition) is 10. The van der Waals surface area contributed by atoms with Gasteiger partial charge in [-0.1, -0.05) is 39.3 Å². The number of halogens is 2. The number of carbonyl (C=O) groups is 5. The quantitative estimate of drug-likeness (QED) is 0.330. The number of primary amides is 1. The Morgan fingerprint density at radius 3 is 2.24 bits per heavy atom. The molecule has 3 aliphatic heterocycles. The van der Waals surface area contributed by atoms with Crippen LogP contribution in [0.25, 0.3) is 0 Å². The highest BCUT2D eigenvalue weighted by atomic mass is 35.5. The van der Waals surface area contributed by atoms with Crippen LogP contribution in [-0.2, 0) is 16.1 Å². The van der Waals surface area contributed by atoms with Gasteiger partial charge < -0.3 is 15.4 Å². The van der Waals surface area contributed by atoms with Crippen LogP contribution >= 0.6 is 11.6 Å². The smallest absolute Gasteiger partial charge is 0.262 e. The summed E-state index contributed by atoms with van der Waals surface area (Å²) in [6, 6.07) is 10.7. The number of aromatic nitrogens is 1. The Kier molecular flexibility index (Phi) is 9.22. The Bertz CT molecular complexity index is 2130. The van der Waals surface area contributed by atoms with Crippen LogP contribution in [0.1, 0.15) is 82.7 Å². The van der Waals surface area contributed by atoms with Gasteiger partial charge in [-0.05, 0) is 42.8 Å². The van der Waals surface area contributed by atoms with Gasteiger partial charge in [0.05, 0.1) is 33.3 Å². The lowest BCUT2D eigenvalue weighted by atomic mass is 9.48. The highest BCUT2D eigenvalue weighted by molar-refractivity contribution is 6.31. The van der Waals surface area contributed by atoms with Gasteiger partial charge in [-0.2, -0.15) is 5.26 Å². The molecule has 1 aliphatic carbocycles. The number of fused-ring (bicyclic) bond motifs is 1. The number of anilines is 1. The average Bonchev–Trinajstić information content (AvgIpc) is 3.36. The zero-order valence-corrected chi connectivity index (χ0v) is 31.0. The summed E-state index contributed by atoms with van der Waals surface area (Å²) in [6.45, 7) is 10.0. The summed E-state index contributed by atoms with van der Waals surface area (Å²) < 4.78 is 21.9. The lowest BCUT2D eigenvalue weighted by Crippen LogP contribution is -2.77. The monoisotopic (exact) mass is 755 g/mol. The molecule has 5 amide bonds. The zero-order valence-electron chi connectivity index (χ0n) is 30.3. The highest BCUT2D eigenvalue weighted by Gasteiger charge is 2.68. The molecule has 2 N–H and O–H groups in total. The summed E-state index contributed by atoms with van der Waals surface area (Å²) in [4.78, 5) is 77.3. The number of imide groups is 2. The summed E-state index contributed by atoms with van der Waals surface area (Å²) in [5.41, 5.74) is 4.56. The van der Waals surface area contributed by atoms with E-state index in [0.717, 1.165) is 11.0 Å². The first kappa shape index (κ1) is 36.9. The number of ether oxygens (including phenoxy) is 1. The second-order valence-electron chi connectivity index (χ2n) is 15.5. The molecule has 0 bridgehead atoms. The largest absolute Gasteiger partial charge is 0.489 e. The molecule has 280 valence electrons. The van der Waals surface area contributed by atoms with Crippen molar-refractivity contribution in [2.45, 2.75) is 65.3 Å². The Morgan fingerprint density at radius 2 is 1.65 bits per heavy atom. The Morgan fingerprint density at radius 1 is 0.981 bits per heavy atom. The van der Waals surface area contributed by atoms with E-state index in [4.69, 9.17) is 22.1 Å². The van der Waals surface area contributed by atoms with Gasteiger partial charge in [0.1, 0.15) is 35.6 Å². The number of nitriles is 1. The van der Waals surface area contributed by atoms with Gasteiger partial charge in [0.25, 0.3) is 17.7 Å². The van der Waals surface area contributed by atoms with Crippen molar-refractivity contribution in [3.8, 4) is 11.8 Å². The number of nitrogens with zero attached hydrogens (tertiary/aromatic N) is 6. The maximum Gasteiger partial charge on any atom is 0.262 e. The summed E-state index contributed by atoms with van der Waals surface area (Å²) in [5.74, 6) is -2.62. The van der Waals surface area contributed by atoms with Gasteiger partial charge in [-0.3, -0.25) is 38.7 Å². The third-order valence-electron chi connectivity index (χ3n) is 11.3. The SMILES string of the molecule is CC1(C)C(Oc2ccc(C#N)c(Cl)c2)C(C)(C)C1N1C(=O)CCC(N2C(=O)c3cc(F)c(CN4CCN(c5ccc(C(N)=O)cn5)CC4)cc3C2=O)C1=O. The number of hydrogen-bond donors (Lipinski definition) is 1. The molecular formula is C39H39ClFN7O6. The predicted molar refractivity (Wildman–Crippen MR) is 194 cm³/mol. The van der Waals surface area contributed by atoms with Crippen molar-refractivity contribution in [3.63, 3.8) is 0 Å². The first-order valence-electron chi connectivity index (χ1n) is 17.7. The van der Waals surface area contributed by atoms with Crippen LogP contribution in [-0.4, -0.2) is 93.6 Å². The molecule has 7 rings (SSSR count). The number of carbonyl (C=O) groups excluding carboxylic acids is 5. The standard InChI is InChI=1S/C39H39ClFN7O6/c1-38(2)36(39(3,4)37(38)54-24-7-5-21(18-42)27(40)16-24)48-31(49)10-8-29(35(48)53)47-33(51)25-15-23(28(41)17-26(25)34(47)52)20-45-11-13-46(14-12-45)30-9-6-22(19-44-30)32(43)50/h5-7,9,15-17,19,29,36-37H,8,10-14,20H2,1-4H3,(H2,43,50). The zero-order chi connectivity index (χ0) is 38.9. The van der Waals surface area contributed by atoms with E-state index in [9.17, 15) is 29.2 Å². The van der Waals surface area contributed by atoms with Crippen molar-refractivity contribution in [2.75, 3.05) is 31.1 Å². The Labute approximate surface area is 316 Å². The van der Waals surface area contributed by atoms with Crippen molar-refractivity contribution < 1.29 is 33.1 Å². The third-order valence-corrected chi connectivity index (χ3v) is 11.6. The molecule has 13 nitrogen and oxygen atoms in total. The van der Waals surface area contributed by atoms with E-state index >= 15 is 4.39 Å². The fourth-order valence-electron chi connectivity index (χ4n) is 8.99. The first-order chi connectivity index (χ1) is 25.5. The van der Waals surface area contributed by atoms with Crippen molar-refractivity contribution >= 4 is 47.0 Å². The fraction of sp³-hybridized carbons (Fsp3) is 0.410. The third kappa shape index (κ3) is 6.05. The number of nitrogens with two attached hydrogens (primary N) is 1. The van der Waals surface area contributed by atoms with E-state index < -0.39 is 64.4 Å². The molecule has 1 aromatic heterocycles. The summed E-state index contributed by atoms with van der Waals surface area (Å²) >= 11 is 6.24. The minimum absolute atomic E-state index is 0.0175. The second-order valence-corrected chi connectivity index (χ2v) is 15.9. The molecule has 2 aromatic carbocycles. The van der Waals surface area contributed by atoms with E-state index in [1.54, 1.807) is 30.3 Å². The molecule has 1 atom stereocenters. The minimum atomic E-state index is -1.25. The maximum atomic E-state index is 15.6. The number of piperidine rings is 1. The van der Waals surface area contributed by atoms with E-state index in [1.807, 2.05) is 43.6 Å². The number of likely N-dealkylation sites (tertiary alicyclic amines) is 1.